The van der Waals surface area contributed by atoms with Crippen molar-refractivity contribution in [2.24, 2.45) is 0 Å². The van der Waals surface area contributed by atoms with E-state index in [1.807, 2.05) is 37.1 Å². The Morgan fingerprint density at radius 3 is 2.69 bits per heavy atom. The van der Waals surface area contributed by atoms with Crippen molar-refractivity contribution in [3.8, 4) is 0 Å². The van der Waals surface area contributed by atoms with Gasteiger partial charge in [-0.3, -0.25) is 0 Å². The molecule has 90 valence electrons. The zero-order chi connectivity index (χ0) is 12.1. The van der Waals surface area contributed by atoms with Crippen LogP contribution in [0.1, 0.15) is 16.5 Å². The lowest BCUT2D eigenvalue weighted by Crippen LogP contribution is -2.25. The summed E-state index contributed by atoms with van der Waals surface area (Å²) in [6.45, 7) is 3.46. The van der Waals surface area contributed by atoms with Crippen molar-refractivity contribution in [3.05, 3.63) is 34.3 Å². The maximum absolute atomic E-state index is 8.80. The number of alkyl halides is 1. The first-order valence-electron chi connectivity index (χ1n) is 5.24. The van der Waals surface area contributed by atoms with Crippen LogP contribution in [0.5, 0.6) is 0 Å². The summed E-state index contributed by atoms with van der Waals surface area (Å²) in [6.07, 6.45) is 0. The Balaban J connectivity index is 2.65. The van der Waals surface area contributed by atoms with Crippen LogP contribution in [0.4, 0.5) is 0 Å². The van der Waals surface area contributed by atoms with Crippen LogP contribution in [0.25, 0.3) is 0 Å². The average Bonchev–Trinajstić information content (AvgIpc) is 2.22. The number of aryl methyl sites for hydroxylation is 1. The van der Waals surface area contributed by atoms with E-state index in [0.29, 0.717) is 13.1 Å². The molecule has 1 unspecified atom stereocenters. The molecule has 2 nitrogen and oxygen atoms in total. The molecule has 0 saturated carbocycles. The topological polar surface area (TPSA) is 23.5 Å². The van der Waals surface area contributed by atoms with Crippen molar-refractivity contribution < 1.29 is 5.11 Å². The van der Waals surface area contributed by atoms with Crippen molar-refractivity contribution in [1.82, 2.24) is 4.90 Å². The van der Waals surface area contributed by atoms with Gasteiger partial charge in [-0.15, -0.1) is 11.6 Å². The highest BCUT2D eigenvalue weighted by atomic mass is 35.5. The Morgan fingerprint density at radius 1 is 1.44 bits per heavy atom. The highest BCUT2D eigenvalue weighted by Crippen LogP contribution is 2.25. The second-order valence-electron chi connectivity index (χ2n) is 3.96. The molecule has 0 radical (unpaired) electrons. The standard InChI is InChI=1S/C12H17Cl2NO/c1-9-7-10(3-4-11(9)13)12(14)8-15(2)5-6-16/h3-4,7,12,16H,5-6,8H2,1-2H3. The predicted octanol–water partition coefficient (Wildman–Crippen LogP) is 2.85. The molecule has 4 heteroatoms. The van der Waals surface area contributed by atoms with Gasteiger partial charge in [-0.05, 0) is 31.2 Å². The summed E-state index contributed by atoms with van der Waals surface area (Å²) in [5, 5.41) is 9.48. The van der Waals surface area contributed by atoms with Crippen molar-refractivity contribution >= 4 is 23.2 Å². The van der Waals surface area contributed by atoms with Crippen LogP contribution in [-0.2, 0) is 0 Å². The summed E-state index contributed by atoms with van der Waals surface area (Å²) in [5.74, 6) is 0. The minimum atomic E-state index is -0.0764. The number of likely N-dealkylation sites (N-methyl/N-ethyl adjacent to an activating group) is 1. The minimum Gasteiger partial charge on any atom is -0.395 e. The summed E-state index contributed by atoms with van der Waals surface area (Å²) < 4.78 is 0. The van der Waals surface area contributed by atoms with Crippen LogP contribution in [0, 0.1) is 6.92 Å². The Morgan fingerprint density at radius 2 is 2.12 bits per heavy atom. The zero-order valence-electron chi connectivity index (χ0n) is 9.58. The molecule has 1 aromatic carbocycles. The highest BCUT2D eigenvalue weighted by molar-refractivity contribution is 6.31. The fourth-order valence-electron chi connectivity index (χ4n) is 1.50. The number of aliphatic hydroxyl groups is 1. The molecule has 0 aromatic heterocycles. The quantitative estimate of drug-likeness (QED) is 0.825. The normalized spacial score (nSPS) is 13.1. The van der Waals surface area contributed by atoms with Gasteiger partial charge in [0.2, 0.25) is 0 Å². The van der Waals surface area contributed by atoms with Crippen LogP contribution in [-0.4, -0.2) is 36.8 Å². The van der Waals surface area contributed by atoms with Crippen molar-refractivity contribution in [2.45, 2.75) is 12.3 Å². The number of hydrogen-bond donors (Lipinski definition) is 1. The van der Waals surface area contributed by atoms with E-state index in [9.17, 15) is 0 Å². The van der Waals surface area contributed by atoms with Crippen LogP contribution in [0.2, 0.25) is 5.02 Å². The maximum atomic E-state index is 8.80. The van der Waals surface area contributed by atoms with E-state index < -0.39 is 0 Å². The van der Waals surface area contributed by atoms with Crippen LogP contribution >= 0.6 is 23.2 Å². The minimum absolute atomic E-state index is 0.0764. The molecular formula is C12H17Cl2NO. The van der Waals surface area contributed by atoms with Gasteiger partial charge in [-0.1, -0.05) is 23.7 Å². The Labute approximate surface area is 107 Å². The molecule has 1 atom stereocenters. The van der Waals surface area contributed by atoms with Crippen LogP contribution in [0.15, 0.2) is 18.2 Å². The number of nitrogens with zero attached hydrogens (tertiary/aromatic N) is 1. The van der Waals surface area contributed by atoms with Crippen molar-refractivity contribution in [2.75, 3.05) is 26.7 Å². The number of halogens is 2. The summed E-state index contributed by atoms with van der Waals surface area (Å²) in [7, 11) is 1.94. The van der Waals surface area contributed by atoms with E-state index in [-0.39, 0.29) is 12.0 Å². The van der Waals surface area contributed by atoms with Crippen LogP contribution < -0.4 is 0 Å². The van der Waals surface area contributed by atoms with E-state index in [0.717, 1.165) is 16.1 Å². The summed E-state index contributed by atoms with van der Waals surface area (Å²) in [5.41, 5.74) is 2.10. The molecule has 0 aliphatic carbocycles. The summed E-state index contributed by atoms with van der Waals surface area (Å²) in [6, 6.07) is 5.82. The lowest BCUT2D eigenvalue weighted by molar-refractivity contribution is 0.221. The van der Waals surface area contributed by atoms with E-state index in [4.69, 9.17) is 28.3 Å². The first kappa shape index (κ1) is 13.8. The van der Waals surface area contributed by atoms with Gasteiger partial charge in [-0.2, -0.15) is 0 Å². The molecule has 1 N–H and O–H groups in total. The smallest absolute Gasteiger partial charge is 0.0712 e. The third-order valence-electron chi connectivity index (χ3n) is 2.50. The van der Waals surface area contributed by atoms with Crippen molar-refractivity contribution in [1.29, 1.82) is 0 Å². The second kappa shape index (κ2) is 6.45. The molecule has 0 aliphatic heterocycles. The molecular weight excluding hydrogens is 245 g/mol. The van der Waals surface area contributed by atoms with Crippen molar-refractivity contribution in [3.63, 3.8) is 0 Å². The summed E-state index contributed by atoms with van der Waals surface area (Å²) in [4.78, 5) is 2.00. The van der Waals surface area contributed by atoms with Gasteiger partial charge in [0.15, 0.2) is 0 Å². The Kier molecular flexibility index (Phi) is 5.56. The van der Waals surface area contributed by atoms with Gasteiger partial charge in [0.1, 0.15) is 0 Å². The van der Waals surface area contributed by atoms with E-state index in [1.165, 1.54) is 0 Å². The molecule has 0 fully saturated rings. The first-order valence-corrected chi connectivity index (χ1v) is 6.05. The number of hydrogen-bond acceptors (Lipinski definition) is 2. The molecule has 0 spiro atoms. The van der Waals surface area contributed by atoms with Gasteiger partial charge in [0, 0.05) is 18.1 Å². The van der Waals surface area contributed by atoms with E-state index in [2.05, 4.69) is 0 Å². The molecule has 0 amide bonds. The number of aliphatic hydroxyl groups excluding tert-OH is 1. The van der Waals surface area contributed by atoms with Gasteiger partial charge in [0.05, 0.1) is 12.0 Å². The third-order valence-corrected chi connectivity index (χ3v) is 3.31. The zero-order valence-corrected chi connectivity index (χ0v) is 11.1. The molecule has 1 aromatic rings. The second-order valence-corrected chi connectivity index (χ2v) is 4.90. The van der Waals surface area contributed by atoms with Gasteiger partial charge in [-0.25, -0.2) is 0 Å². The highest BCUT2D eigenvalue weighted by Gasteiger charge is 2.11. The molecule has 0 bridgehead atoms. The fraction of sp³-hybridized carbons (Fsp3) is 0.500. The molecule has 0 heterocycles. The Hall–Kier alpha value is -0.280. The van der Waals surface area contributed by atoms with Gasteiger partial charge in [0.25, 0.3) is 0 Å². The molecule has 16 heavy (non-hydrogen) atoms. The SMILES string of the molecule is Cc1cc(C(Cl)CN(C)CCO)ccc1Cl. The molecule has 1 rings (SSSR count). The molecule has 0 saturated heterocycles. The lowest BCUT2D eigenvalue weighted by atomic mass is 10.1. The Bertz CT molecular complexity index is 344. The third kappa shape index (κ3) is 3.95. The molecule has 0 aliphatic rings. The van der Waals surface area contributed by atoms with Crippen LogP contribution in [0.3, 0.4) is 0 Å². The fourth-order valence-corrected chi connectivity index (χ4v) is 1.99. The van der Waals surface area contributed by atoms with E-state index in [1.54, 1.807) is 0 Å². The average molecular weight is 262 g/mol. The lowest BCUT2D eigenvalue weighted by Gasteiger charge is -2.19. The summed E-state index contributed by atoms with van der Waals surface area (Å²) >= 11 is 12.2. The maximum Gasteiger partial charge on any atom is 0.0712 e. The number of rotatable bonds is 5. The van der Waals surface area contributed by atoms with Gasteiger partial charge < -0.3 is 10.0 Å². The van der Waals surface area contributed by atoms with Gasteiger partial charge >= 0.3 is 0 Å². The predicted molar refractivity (Wildman–Crippen MR) is 69.4 cm³/mol. The first-order chi connectivity index (χ1) is 7.54. The largest absolute Gasteiger partial charge is 0.395 e. The van der Waals surface area contributed by atoms with E-state index >= 15 is 0 Å². The monoisotopic (exact) mass is 261 g/mol. The number of benzene rings is 1.